The lowest BCUT2D eigenvalue weighted by Crippen LogP contribution is -2.44. The molecule has 1 aliphatic heterocycles. The van der Waals surface area contributed by atoms with Crippen LogP contribution in [0.25, 0.3) is 0 Å². The lowest BCUT2D eigenvalue weighted by molar-refractivity contribution is 0.277. The van der Waals surface area contributed by atoms with Crippen LogP contribution in [-0.2, 0) is 15.4 Å². The maximum absolute atomic E-state index is 12.6. The minimum atomic E-state index is -3.52. The number of thiophene rings is 1. The van der Waals surface area contributed by atoms with Crippen LogP contribution in [-0.4, -0.2) is 25.8 Å². The summed E-state index contributed by atoms with van der Waals surface area (Å²) in [6.07, 6.45) is 0.984. The Balaban J connectivity index is 1.82. The quantitative estimate of drug-likeness (QED) is 0.833. The van der Waals surface area contributed by atoms with Crippen molar-refractivity contribution in [3.63, 3.8) is 0 Å². The zero-order valence-electron chi connectivity index (χ0n) is 12.3. The minimum absolute atomic E-state index is 0.256. The standard InChI is InChI=1S/C16H15ClN2O2S2/c17-14-6-7-15(22-14)23(20,21)19-10-8-16(12-18,9-11-19)13-4-2-1-3-5-13/h1-7H,8-11H2. The number of rotatable bonds is 3. The highest BCUT2D eigenvalue weighted by Crippen LogP contribution is 2.37. The van der Waals surface area contributed by atoms with Crippen LogP contribution >= 0.6 is 22.9 Å². The van der Waals surface area contributed by atoms with E-state index in [1.54, 1.807) is 6.07 Å². The normalized spacial score (nSPS) is 18.4. The lowest BCUT2D eigenvalue weighted by Gasteiger charge is -2.36. The molecule has 0 spiro atoms. The lowest BCUT2D eigenvalue weighted by atomic mass is 9.74. The van der Waals surface area contributed by atoms with Gasteiger partial charge in [0.15, 0.2) is 0 Å². The van der Waals surface area contributed by atoms with Crippen molar-refractivity contribution >= 4 is 33.0 Å². The average Bonchev–Trinajstić information content (AvgIpc) is 3.03. The van der Waals surface area contributed by atoms with Gasteiger partial charge in [0.1, 0.15) is 4.21 Å². The molecule has 1 fully saturated rings. The number of hydrogen-bond acceptors (Lipinski definition) is 4. The number of hydrogen-bond donors (Lipinski definition) is 0. The largest absolute Gasteiger partial charge is 0.252 e. The van der Waals surface area contributed by atoms with E-state index in [4.69, 9.17) is 11.6 Å². The number of sulfonamides is 1. The summed E-state index contributed by atoms with van der Waals surface area (Å²) in [5.41, 5.74) is 0.346. The zero-order valence-corrected chi connectivity index (χ0v) is 14.7. The molecule has 0 radical (unpaired) electrons. The van der Waals surface area contributed by atoms with Crippen LogP contribution in [0, 0.1) is 11.3 Å². The van der Waals surface area contributed by atoms with Crippen molar-refractivity contribution in [1.29, 1.82) is 5.26 Å². The highest BCUT2D eigenvalue weighted by Gasteiger charge is 2.40. The third kappa shape index (κ3) is 3.02. The van der Waals surface area contributed by atoms with Gasteiger partial charge >= 0.3 is 0 Å². The average molecular weight is 367 g/mol. The van der Waals surface area contributed by atoms with Gasteiger partial charge in [0, 0.05) is 13.1 Å². The molecule has 0 aliphatic carbocycles. The third-order valence-corrected chi connectivity index (χ3v) is 7.86. The van der Waals surface area contributed by atoms with Gasteiger partial charge in [0.25, 0.3) is 10.0 Å². The molecule has 0 N–H and O–H groups in total. The molecular weight excluding hydrogens is 352 g/mol. The van der Waals surface area contributed by atoms with Crippen molar-refractivity contribution in [3.8, 4) is 6.07 Å². The molecule has 1 aromatic carbocycles. The van der Waals surface area contributed by atoms with Gasteiger partial charge in [-0.3, -0.25) is 0 Å². The molecule has 1 aromatic heterocycles. The Morgan fingerprint density at radius 2 is 1.78 bits per heavy atom. The summed E-state index contributed by atoms with van der Waals surface area (Å²) in [5.74, 6) is 0. The van der Waals surface area contributed by atoms with E-state index in [1.807, 2.05) is 30.3 Å². The zero-order chi connectivity index (χ0) is 16.5. The molecule has 120 valence electrons. The number of nitrogens with zero attached hydrogens (tertiary/aromatic N) is 2. The van der Waals surface area contributed by atoms with E-state index in [0.29, 0.717) is 30.3 Å². The van der Waals surface area contributed by atoms with Gasteiger partial charge in [-0.15, -0.1) is 11.3 Å². The first-order chi connectivity index (χ1) is 11.0. The highest BCUT2D eigenvalue weighted by molar-refractivity contribution is 7.91. The van der Waals surface area contributed by atoms with Crippen molar-refractivity contribution in [2.45, 2.75) is 22.5 Å². The Morgan fingerprint density at radius 3 is 2.30 bits per heavy atom. The van der Waals surface area contributed by atoms with Crippen LogP contribution in [0.5, 0.6) is 0 Å². The number of piperidine rings is 1. The van der Waals surface area contributed by atoms with Crippen molar-refractivity contribution in [2.75, 3.05) is 13.1 Å². The van der Waals surface area contributed by atoms with Crippen molar-refractivity contribution < 1.29 is 8.42 Å². The number of nitriles is 1. The summed E-state index contributed by atoms with van der Waals surface area (Å²) in [5, 5.41) is 9.67. The Kier molecular flexibility index (Phi) is 4.47. The summed E-state index contributed by atoms with van der Waals surface area (Å²) in [6, 6.07) is 15.1. The topological polar surface area (TPSA) is 61.2 Å². The predicted molar refractivity (Wildman–Crippen MR) is 91.1 cm³/mol. The van der Waals surface area contributed by atoms with E-state index < -0.39 is 15.4 Å². The summed E-state index contributed by atoms with van der Waals surface area (Å²) >= 11 is 6.91. The first-order valence-electron chi connectivity index (χ1n) is 7.20. The van der Waals surface area contributed by atoms with Crippen LogP contribution in [0.15, 0.2) is 46.7 Å². The Hall–Kier alpha value is -1.39. The molecule has 0 unspecified atom stereocenters. The minimum Gasteiger partial charge on any atom is -0.206 e. The van der Waals surface area contributed by atoms with Crippen LogP contribution in [0.1, 0.15) is 18.4 Å². The molecule has 3 rings (SSSR count). The van der Waals surface area contributed by atoms with Gasteiger partial charge in [-0.2, -0.15) is 9.57 Å². The van der Waals surface area contributed by atoms with E-state index >= 15 is 0 Å². The fourth-order valence-corrected chi connectivity index (χ4v) is 5.97. The second-order valence-electron chi connectivity index (χ2n) is 5.52. The van der Waals surface area contributed by atoms with Crippen LogP contribution in [0.4, 0.5) is 0 Å². The maximum atomic E-state index is 12.6. The van der Waals surface area contributed by atoms with Gasteiger partial charge < -0.3 is 0 Å². The molecule has 0 amide bonds. The Bertz CT molecular complexity index is 832. The van der Waals surface area contributed by atoms with Gasteiger partial charge in [-0.05, 0) is 30.5 Å². The van der Waals surface area contributed by atoms with Gasteiger partial charge in [0.2, 0.25) is 0 Å². The second kappa shape index (κ2) is 6.25. The van der Waals surface area contributed by atoms with Crippen molar-refractivity contribution in [2.24, 2.45) is 0 Å². The van der Waals surface area contributed by atoms with E-state index in [2.05, 4.69) is 6.07 Å². The summed E-state index contributed by atoms with van der Waals surface area (Å²) in [6.45, 7) is 0.667. The first kappa shape index (κ1) is 16.5. The van der Waals surface area contributed by atoms with E-state index in [1.165, 1.54) is 10.4 Å². The maximum Gasteiger partial charge on any atom is 0.252 e. The van der Waals surface area contributed by atoms with E-state index in [9.17, 15) is 13.7 Å². The Morgan fingerprint density at radius 1 is 1.13 bits per heavy atom. The van der Waals surface area contributed by atoms with Crippen LogP contribution < -0.4 is 0 Å². The van der Waals surface area contributed by atoms with Gasteiger partial charge in [-0.1, -0.05) is 41.9 Å². The summed E-state index contributed by atoms with van der Waals surface area (Å²) < 4.78 is 27.4. The molecule has 1 saturated heterocycles. The first-order valence-corrected chi connectivity index (χ1v) is 9.84. The fraction of sp³-hybridized carbons (Fsp3) is 0.312. The number of halogens is 1. The van der Waals surface area contributed by atoms with E-state index in [-0.39, 0.29) is 4.21 Å². The molecule has 4 nitrogen and oxygen atoms in total. The third-order valence-electron chi connectivity index (χ3n) is 4.26. The second-order valence-corrected chi connectivity index (χ2v) is 9.40. The molecule has 2 heterocycles. The molecule has 7 heteroatoms. The molecule has 23 heavy (non-hydrogen) atoms. The van der Waals surface area contributed by atoms with E-state index in [0.717, 1.165) is 16.9 Å². The van der Waals surface area contributed by atoms with Crippen molar-refractivity contribution in [3.05, 3.63) is 52.4 Å². The molecule has 0 atom stereocenters. The SMILES string of the molecule is N#CC1(c2ccccc2)CCN(S(=O)(=O)c2ccc(Cl)s2)CC1. The predicted octanol–water partition coefficient (Wildman–Crippen LogP) is 3.65. The molecule has 1 aliphatic rings. The van der Waals surface area contributed by atoms with Crippen LogP contribution in [0.3, 0.4) is 0 Å². The summed E-state index contributed by atoms with van der Waals surface area (Å²) in [7, 11) is -3.52. The number of benzene rings is 1. The van der Waals surface area contributed by atoms with Gasteiger partial charge in [-0.25, -0.2) is 8.42 Å². The molecule has 0 bridgehead atoms. The fourth-order valence-electron chi connectivity index (χ4n) is 2.89. The molecule has 2 aromatic rings. The highest BCUT2D eigenvalue weighted by atomic mass is 35.5. The summed E-state index contributed by atoms with van der Waals surface area (Å²) in [4.78, 5) is 0. The Labute approximate surface area is 145 Å². The van der Waals surface area contributed by atoms with Gasteiger partial charge in [0.05, 0.1) is 15.8 Å². The molecule has 0 saturated carbocycles. The monoisotopic (exact) mass is 366 g/mol. The van der Waals surface area contributed by atoms with Crippen molar-refractivity contribution in [1.82, 2.24) is 4.31 Å². The molecular formula is C16H15ClN2O2S2. The van der Waals surface area contributed by atoms with Crippen LogP contribution in [0.2, 0.25) is 4.34 Å². The smallest absolute Gasteiger partial charge is 0.206 e.